The molecule has 0 amide bonds. The van der Waals surface area contributed by atoms with Crippen LogP contribution in [0, 0.1) is 6.92 Å². The summed E-state index contributed by atoms with van der Waals surface area (Å²) >= 11 is 0. The number of hydrogen-bond acceptors (Lipinski definition) is 6. The van der Waals surface area contributed by atoms with Gasteiger partial charge in [0.1, 0.15) is 5.66 Å². The minimum absolute atomic E-state index is 0.0885. The van der Waals surface area contributed by atoms with E-state index in [4.69, 9.17) is 10.2 Å². The standard InChI is InChI=1S/C57H80N6/c1-6-9-12-15-18-20-23-28-44-62-54-34-30-33-50-53(61-60-52-40-39-51(48-31-25-26-32-49(48)52)59-58-47-37-35-46(4)36-38-47)41-42-55(56(50)54)63(45-29-24-21-19-16-13-10-7-2)57(62,5)43-27-22-17-14-11-8-3/h25-26,30-42H,6-24,27-29,43-45H2,1-5H3/b59-58+,61-60+. The Balaban J connectivity index is 1.32. The van der Waals surface area contributed by atoms with Crippen LogP contribution in [-0.2, 0) is 0 Å². The van der Waals surface area contributed by atoms with Crippen molar-refractivity contribution >= 4 is 55.7 Å². The Morgan fingerprint density at radius 1 is 0.397 bits per heavy atom. The summed E-state index contributed by atoms with van der Waals surface area (Å²) in [5, 5.41) is 23.8. The van der Waals surface area contributed by atoms with Gasteiger partial charge in [-0.3, -0.25) is 0 Å². The molecule has 0 saturated heterocycles. The van der Waals surface area contributed by atoms with E-state index in [-0.39, 0.29) is 5.66 Å². The molecular formula is C57H80N6. The zero-order chi connectivity index (χ0) is 44.1. The van der Waals surface area contributed by atoms with Gasteiger partial charge >= 0.3 is 0 Å². The van der Waals surface area contributed by atoms with Crippen LogP contribution < -0.4 is 9.80 Å². The molecule has 6 rings (SSSR count). The molecular weight excluding hydrogens is 769 g/mol. The van der Waals surface area contributed by atoms with Gasteiger partial charge in [-0.15, -0.1) is 15.3 Å². The number of fused-ring (bicyclic) bond motifs is 1. The summed E-state index contributed by atoms with van der Waals surface area (Å²) in [5.74, 6) is 0. The first-order chi connectivity index (χ1) is 31.0. The van der Waals surface area contributed by atoms with Crippen molar-refractivity contribution in [1.29, 1.82) is 0 Å². The second kappa shape index (κ2) is 25.6. The van der Waals surface area contributed by atoms with Gasteiger partial charge in [0.25, 0.3) is 0 Å². The number of unbranched alkanes of at least 4 members (excludes halogenated alkanes) is 19. The van der Waals surface area contributed by atoms with Crippen LogP contribution in [0.25, 0.3) is 21.5 Å². The Morgan fingerprint density at radius 2 is 0.810 bits per heavy atom. The van der Waals surface area contributed by atoms with Gasteiger partial charge in [0.2, 0.25) is 0 Å². The average Bonchev–Trinajstić information content (AvgIpc) is 3.30. The van der Waals surface area contributed by atoms with Gasteiger partial charge in [0, 0.05) is 46.0 Å². The molecule has 5 aromatic carbocycles. The highest BCUT2D eigenvalue weighted by Gasteiger charge is 2.42. The van der Waals surface area contributed by atoms with Crippen molar-refractivity contribution in [3.63, 3.8) is 0 Å². The lowest BCUT2D eigenvalue weighted by Gasteiger charge is -2.55. The Labute approximate surface area is 382 Å². The maximum Gasteiger partial charge on any atom is 0.110 e. The molecule has 0 aromatic heterocycles. The number of nitrogens with zero attached hydrogens (tertiary/aromatic N) is 6. The number of aryl methyl sites for hydroxylation is 1. The molecule has 0 radical (unpaired) electrons. The van der Waals surface area contributed by atoms with E-state index in [0.717, 1.165) is 46.6 Å². The quantitative estimate of drug-likeness (QED) is 0.0355. The van der Waals surface area contributed by atoms with Gasteiger partial charge in [-0.2, -0.15) is 5.11 Å². The first-order valence-electron chi connectivity index (χ1n) is 25.5. The monoisotopic (exact) mass is 849 g/mol. The van der Waals surface area contributed by atoms with Crippen molar-refractivity contribution in [2.75, 3.05) is 22.9 Å². The summed E-state index contributed by atoms with van der Waals surface area (Å²) in [6.07, 6.45) is 30.4. The fourth-order valence-corrected chi connectivity index (χ4v) is 9.87. The fraction of sp³-hybridized carbons (Fsp3) is 0.544. The molecule has 63 heavy (non-hydrogen) atoms. The number of azo groups is 2. The lowest BCUT2D eigenvalue weighted by molar-refractivity contribution is 0.341. The van der Waals surface area contributed by atoms with E-state index in [1.165, 1.54) is 175 Å². The van der Waals surface area contributed by atoms with Gasteiger partial charge < -0.3 is 9.80 Å². The topological polar surface area (TPSA) is 55.9 Å². The van der Waals surface area contributed by atoms with E-state index < -0.39 is 0 Å². The van der Waals surface area contributed by atoms with Crippen LogP contribution >= 0.6 is 0 Å². The summed E-state index contributed by atoms with van der Waals surface area (Å²) in [6.45, 7) is 13.8. The molecule has 1 atom stereocenters. The van der Waals surface area contributed by atoms with Crippen LogP contribution in [0.4, 0.5) is 34.1 Å². The molecule has 0 saturated carbocycles. The predicted octanol–water partition coefficient (Wildman–Crippen LogP) is 19.5. The van der Waals surface area contributed by atoms with Gasteiger partial charge in [0.05, 0.1) is 22.7 Å². The van der Waals surface area contributed by atoms with E-state index in [1.807, 2.05) is 24.3 Å². The van der Waals surface area contributed by atoms with Crippen LogP contribution in [0.1, 0.15) is 181 Å². The second-order valence-corrected chi connectivity index (χ2v) is 18.7. The third-order valence-corrected chi connectivity index (χ3v) is 13.6. The maximum absolute atomic E-state index is 5.07. The number of rotatable bonds is 29. The highest BCUT2D eigenvalue weighted by molar-refractivity contribution is 6.10. The summed E-state index contributed by atoms with van der Waals surface area (Å²) in [4.78, 5) is 5.68. The maximum atomic E-state index is 5.07. The largest absolute Gasteiger partial charge is 0.348 e. The van der Waals surface area contributed by atoms with Crippen LogP contribution in [0.2, 0.25) is 0 Å². The van der Waals surface area contributed by atoms with Crippen molar-refractivity contribution in [3.05, 3.63) is 96.6 Å². The predicted molar refractivity (Wildman–Crippen MR) is 274 cm³/mol. The lowest BCUT2D eigenvalue weighted by atomic mass is 9.90. The zero-order valence-electron chi connectivity index (χ0n) is 40.0. The van der Waals surface area contributed by atoms with E-state index in [2.05, 4.69) is 121 Å². The average molecular weight is 849 g/mol. The van der Waals surface area contributed by atoms with Crippen LogP contribution in [0.3, 0.4) is 0 Å². The molecule has 0 fully saturated rings. The Morgan fingerprint density at radius 3 is 1.33 bits per heavy atom. The molecule has 6 heteroatoms. The van der Waals surface area contributed by atoms with Gasteiger partial charge in [-0.05, 0) is 82.0 Å². The molecule has 1 unspecified atom stereocenters. The number of anilines is 2. The SMILES string of the molecule is CCCCCCCCCCN1c2cccc3c(/N=N/c4ccc(/N=N/c5ccc(C)cc5)c5ccccc45)ccc(c23)N(CCCCCCCCCC)C1(C)CCCCCCCC. The van der Waals surface area contributed by atoms with Crippen LogP contribution in [-0.4, -0.2) is 18.8 Å². The Kier molecular flexibility index (Phi) is 19.5. The molecule has 6 nitrogen and oxygen atoms in total. The van der Waals surface area contributed by atoms with Crippen LogP contribution in [0.15, 0.2) is 111 Å². The molecule has 1 aliphatic heterocycles. The van der Waals surface area contributed by atoms with Crippen molar-refractivity contribution in [1.82, 2.24) is 0 Å². The van der Waals surface area contributed by atoms with E-state index in [9.17, 15) is 0 Å². The first kappa shape index (κ1) is 47.9. The third kappa shape index (κ3) is 13.2. The van der Waals surface area contributed by atoms with E-state index >= 15 is 0 Å². The molecule has 1 aliphatic rings. The number of hydrogen-bond donors (Lipinski definition) is 0. The molecule has 338 valence electrons. The Bertz CT molecular complexity index is 2140. The molecule has 0 spiro atoms. The van der Waals surface area contributed by atoms with Crippen molar-refractivity contribution in [2.24, 2.45) is 20.5 Å². The summed E-state index contributed by atoms with van der Waals surface area (Å²) in [6, 6.07) is 32.1. The second-order valence-electron chi connectivity index (χ2n) is 18.7. The first-order valence-corrected chi connectivity index (χ1v) is 25.5. The summed E-state index contributed by atoms with van der Waals surface area (Å²) in [5.41, 5.74) is 7.28. The molecule has 1 heterocycles. The lowest BCUT2D eigenvalue weighted by Crippen LogP contribution is -2.62. The smallest absolute Gasteiger partial charge is 0.110 e. The molecule has 5 aromatic rings. The van der Waals surface area contributed by atoms with E-state index in [0.29, 0.717) is 0 Å². The highest BCUT2D eigenvalue weighted by Crippen LogP contribution is 2.50. The molecule has 0 bridgehead atoms. The van der Waals surface area contributed by atoms with Crippen molar-refractivity contribution in [2.45, 2.75) is 188 Å². The van der Waals surface area contributed by atoms with Gasteiger partial charge in [-0.1, -0.05) is 197 Å². The zero-order valence-corrected chi connectivity index (χ0v) is 40.0. The van der Waals surface area contributed by atoms with Crippen molar-refractivity contribution < 1.29 is 0 Å². The molecule has 0 aliphatic carbocycles. The van der Waals surface area contributed by atoms with Crippen molar-refractivity contribution in [3.8, 4) is 0 Å². The summed E-state index contributed by atoms with van der Waals surface area (Å²) < 4.78 is 0. The van der Waals surface area contributed by atoms with Gasteiger partial charge in [-0.25, -0.2) is 0 Å². The van der Waals surface area contributed by atoms with Gasteiger partial charge in [0.15, 0.2) is 0 Å². The number of benzene rings is 5. The third-order valence-electron chi connectivity index (χ3n) is 13.6. The van der Waals surface area contributed by atoms with E-state index in [1.54, 1.807) is 0 Å². The summed E-state index contributed by atoms with van der Waals surface area (Å²) in [7, 11) is 0. The minimum Gasteiger partial charge on any atom is -0.348 e. The highest BCUT2D eigenvalue weighted by atomic mass is 15.4. The molecule has 0 N–H and O–H groups in total. The Hall–Kier alpha value is -4.58. The normalized spacial score (nSPS) is 15.3. The van der Waals surface area contributed by atoms with Crippen LogP contribution in [0.5, 0.6) is 0 Å². The fourth-order valence-electron chi connectivity index (χ4n) is 9.87. The minimum atomic E-state index is -0.0885.